The predicted molar refractivity (Wildman–Crippen MR) is 100 cm³/mol. The van der Waals surface area contributed by atoms with Gasteiger partial charge in [0.1, 0.15) is 0 Å². The first kappa shape index (κ1) is 19.2. The number of esters is 1. The molecule has 0 radical (unpaired) electrons. The molecule has 1 amide bonds. The first-order valence-electron chi connectivity index (χ1n) is 9.72. The molecular weight excluding hydrogens is 378 g/mol. The number of aromatic nitrogens is 2. The summed E-state index contributed by atoms with van der Waals surface area (Å²) >= 11 is 0. The number of methoxy groups -OCH3 is 1. The van der Waals surface area contributed by atoms with Crippen molar-refractivity contribution in [3.05, 3.63) is 24.1 Å². The number of rotatable bonds is 6. The zero-order valence-corrected chi connectivity index (χ0v) is 16.3. The lowest BCUT2D eigenvalue weighted by molar-refractivity contribution is -0.141. The molecule has 0 bridgehead atoms. The Morgan fingerprint density at radius 3 is 2.76 bits per heavy atom. The summed E-state index contributed by atoms with van der Waals surface area (Å²) in [4.78, 5) is 29.8. The highest BCUT2D eigenvalue weighted by Gasteiger charge is 2.28. The van der Waals surface area contributed by atoms with Crippen molar-refractivity contribution in [2.75, 3.05) is 27.0 Å². The molecule has 0 atom stereocenters. The maximum absolute atomic E-state index is 12.3. The lowest BCUT2D eigenvalue weighted by atomic mass is 9.96. The normalized spacial score (nSPS) is 16.1. The highest BCUT2D eigenvalue weighted by Crippen LogP contribution is 2.36. The summed E-state index contributed by atoms with van der Waals surface area (Å²) in [6.45, 7) is 1.50. The van der Waals surface area contributed by atoms with E-state index in [9.17, 15) is 9.59 Å². The van der Waals surface area contributed by atoms with Crippen LogP contribution in [0, 0.1) is 0 Å². The van der Waals surface area contributed by atoms with Gasteiger partial charge in [-0.25, -0.2) is 0 Å². The minimum atomic E-state index is -0.286. The predicted octanol–water partition coefficient (Wildman–Crippen LogP) is 2.51. The summed E-state index contributed by atoms with van der Waals surface area (Å²) in [5, 5.41) is 4.10. The van der Waals surface area contributed by atoms with Gasteiger partial charge in [0.2, 0.25) is 24.4 Å². The van der Waals surface area contributed by atoms with E-state index in [-0.39, 0.29) is 31.0 Å². The van der Waals surface area contributed by atoms with Crippen LogP contribution in [0.5, 0.6) is 11.5 Å². The quantitative estimate of drug-likeness (QED) is 0.680. The van der Waals surface area contributed by atoms with Crippen LogP contribution in [0.2, 0.25) is 0 Å². The van der Waals surface area contributed by atoms with Crippen LogP contribution >= 0.6 is 0 Å². The molecule has 3 heterocycles. The molecule has 154 valence electrons. The minimum Gasteiger partial charge on any atom is -0.469 e. The second-order valence-electron chi connectivity index (χ2n) is 7.11. The Kier molecular flexibility index (Phi) is 5.64. The Hall–Kier alpha value is -3.10. The molecule has 0 N–H and O–H groups in total. The third kappa shape index (κ3) is 4.33. The molecule has 1 fully saturated rings. The smallest absolute Gasteiger partial charge is 0.305 e. The Labute approximate surface area is 167 Å². The molecule has 2 aliphatic heterocycles. The Bertz CT molecular complexity index is 888. The van der Waals surface area contributed by atoms with Gasteiger partial charge in [0, 0.05) is 37.4 Å². The maximum atomic E-state index is 12.3. The fraction of sp³-hybridized carbons (Fsp3) is 0.500. The van der Waals surface area contributed by atoms with Crippen LogP contribution < -0.4 is 9.47 Å². The van der Waals surface area contributed by atoms with E-state index in [1.165, 1.54) is 7.11 Å². The van der Waals surface area contributed by atoms with E-state index in [0.717, 1.165) is 18.4 Å². The molecular formula is C20H23N3O6. The molecule has 2 aromatic rings. The maximum Gasteiger partial charge on any atom is 0.305 e. The number of piperidine rings is 1. The molecule has 1 saturated heterocycles. The van der Waals surface area contributed by atoms with Crippen LogP contribution in [0.3, 0.4) is 0 Å². The fourth-order valence-electron chi connectivity index (χ4n) is 3.57. The van der Waals surface area contributed by atoms with Gasteiger partial charge in [-0.05, 0) is 37.5 Å². The first-order chi connectivity index (χ1) is 14.1. The topological polar surface area (TPSA) is 104 Å². The summed E-state index contributed by atoms with van der Waals surface area (Å²) in [6, 6.07) is 5.54. The van der Waals surface area contributed by atoms with E-state index < -0.39 is 0 Å². The second kappa shape index (κ2) is 8.50. The number of nitrogens with zero attached hydrogens (tertiary/aromatic N) is 3. The van der Waals surface area contributed by atoms with Crippen LogP contribution in [-0.2, 0) is 14.3 Å². The van der Waals surface area contributed by atoms with Crippen molar-refractivity contribution in [3.8, 4) is 22.9 Å². The van der Waals surface area contributed by atoms with Crippen LogP contribution in [0.4, 0.5) is 0 Å². The SMILES string of the molecule is COC(=O)CCCC(=O)N1CCC(c2nc(-c3ccc4c(c3)OCO4)no2)CC1. The lowest BCUT2D eigenvalue weighted by Gasteiger charge is -2.30. The number of hydrogen-bond donors (Lipinski definition) is 0. The zero-order chi connectivity index (χ0) is 20.2. The van der Waals surface area contributed by atoms with Crippen molar-refractivity contribution in [2.45, 2.75) is 38.0 Å². The van der Waals surface area contributed by atoms with E-state index in [1.807, 2.05) is 23.1 Å². The molecule has 1 aromatic carbocycles. The van der Waals surface area contributed by atoms with Crippen molar-refractivity contribution in [3.63, 3.8) is 0 Å². The second-order valence-corrected chi connectivity index (χ2v) is 7.11. The number of benzene rings is 1. The molecule has 1 aromatic heterocycles. The molecule has 9 heteroatoms. The number of amides is 1. The van der Waals surface area contributed by atoms with Gasteiger partial charge in [-0.3, -0.25) is 9.59 Å². The number of hydrogen-bond acceptors (Lipinski definition) is 8. The van der Waals surface area contributed by atoms with Crippen molar-refractivity contribution < 1.29 is 28.3 Å². The lowest BCUT2D eigenvalue weighted by Crippen LogP contribution is -2.37. The van der Waals surface area contributed by atoms with E-state index in [1.54, 1.807) is 0 Å². The summed E-state index contributed by atoms with van der Waals surface area (Å²) in [6.07, 6.45) is 2.67. The molecule has 0 aliphatic carbocycles. The van der Waals surface area contributed by atoms with Crippen molar-refractivity contribution in [1.29, 1.82) is 0 Å². The highest BCUT2D eigenvalue weighted by molar-refractivity contribution is 5.77. The van der Waals surface area contributed by atoms with Crippen molar-refractivity contribution in [1.82, 2.24) is 15.0 Å². The van der Waals surface area contributed by atoms with Crippen LogP contribution in [0.25, 0.3) is 11.4 Å². The average Bonchev–Trinajstić information content (AvgIpc) is 3.42. The Balaban J connectivity index is 1.30. The third-order valence-corrected chi connectivity index (χ3v) is 5.27. The summed E-state index contributed by atoms with van der Waals surface area (Å²) < 4.78 is 20.8. The molecule has 29 heavy (non-hydrogen) atoms. The van der Waals surface area contributed by atoms with Gasteiger partial charge in [0.05, 0.1) is 7.11 Å². The number of ether oxygens (including phenoxy) is 3. The number of carbonyl (C=O) groups excluding carboxylic acids is 2. The van der Waals surface area contributed by atoms with Gasteiger partial charge in [0.15, 0.2) is 11.5 Å². The molecule has 0 unspecified atom stereocenters. The molecule has 0 spiro atoms. The zero-order valence-electron chi connectivity index (χ0n) is 16.3. The minimum absolute atomic E-state index is 0.0685. The van der Waals surface area contributed by atoms with E-state index >= 15 is 0 Å². The standard InChI is InChI=1S/C20H23N3O6/c1-26-18(25)4-2-3-17(24)23-9-7-13(8-10-23)20-21-19(22-29-20)14-5-6-15-16(11-14)28-12-27-15/h5-6,11,13H,2-4,7-10,12H2,1H3. The molecule has 2 aliphatic rings. The molecule has 9 nitrogen and oxygen atoms in total. The highest BCUT2D eigenvalue weighted by atomic mass is 16.7. The van der Waals surface area contributed by atoms with Gasteiger partial charge < -0.3 is 23.6 Å². The number of carbonyl (C=O) groups is 2. The third-order valence-electron chi connectivity index (χ3n) is 5.27. The van der Waals surface area contributed by atoms with Crippen LogP contribution in [0.1, 0.15) is 43.9 Å². The van der Waals surface area contributed by atoms with E-state index in [0.29, 0.717) is 49.1 Å². The fourth-order valence-corrected chi connectivity index (χ4v) is 3.57. The van der Waals surface area contributed by atoms with E-state index in [4.69, 9.17) is 14.0 Å². The van der Waals surface area contributed by atoms with Gasteiger partial charge >= 0.3 is 5.97 Å². The van der Waals surface area contributed by atoms with Crippen LogP contribution in [-0.4, -0.2) is 53.9 Å². The van der Waals surface area contributed by atoms with Gasteiger partial charge in [-0.15, -0.1) is 0 Å². The number of fused-ring (bicyclic) bond motifs is 1. The number of likely N-dealkylation sites (tertiary alicyclic amines) is 1. The monoisotopic (exact) mass is 401 g/mol. The molecule has 0 saturated carbocycles. The van der Waals surface area contributed by atoms with Gasteiger partial charge in [-0.1, -0.05) is 5.16 Å². The first-order valence-corrected chi connectivity index (χ1v) is 9.72. The van der Waals surface area contributed by atoms with Crippen LogP contribution in [0.15, 0.2) is 22.7 Å². The van der Waals surface area contributed by atoms with Gasteiger partial charge in [-0.2, -0.15) is 4.98 Å². The summed E-state index contributed by atoms with van der Waals surface area (Å²) in [5.74, 6) is 2.40. The largest absolute Gasteiger partial charge is 0.469 e. The van der Waals surface area contributed by atoms with E-state index in [2.05, 4.69) is 14.9 Å². The molecule has 4 rings (SSSR count). The Morgan fingerprint density at radius 2 is 1.97 bits per heavy atom. The van der Waals surface area contributed by atoms with Gasteiger partial charge in [0.25, 0.3) is 0 Å². The van der Waals surface area contributed by atoms with Crippen molar-refractivity contribution >= 4 is 11.9 Å². The summed E-state index contributed by atoms with van der Waals surface area (Å²) in [7, 11) is 1.35. The summed E-state index contributed by atoms with van der Waals surface area (Å²) in [5.41, 5.74) is 0.808. The average molecular weight is 401 g/mol. The Morgan fingerprint density at radius 1 is 1.17 bits per heavy atom. The van der Waals surface area contributed by atoms with Crippen molar-refractivity contribution in [2.24, 2.45) is 0 Å².